The van der Waals surface area contributed by atoms with Gasteiger partial charge in [0.25, 0.3) is 0 Å². The fraction of sp³-hybridized carbons (Fsp3) is 0.346. The minimum Gasteiger partial charge on any atom is -0.356 e. The van der Waals surface area contributed by atoms with E-state index in [-0.39, 0.29) is 5.91 Å². The summed E-state index contributed by atoms with van der Waals surface area (Å²) in [6, 6.07) is 20.9. The van der Waals surface area contributed by atoms with Gasteiger partial charge in [0.2, 0.25) is 5.91 Å². The number of carbonyl (C=O) groups is 1. The quantitative estimate of drug-likeness (QED) is 0.403. The molecule has 1 saturated heterocycles. The zero-order valence-corrected chi connectivity index (χ0v) is 19.4. The van der Waals surface area contributed by atoms with Crippen LogP contribution in [0.5, 0.6) is 0 Å². The van der Waals surface area contributed by atoms with Gasteiger partial charge in [-0.25, -0.2) is 9.97 Å². The Hall–Kier alpha value is -2.86. The summed E-state index contributed by atoms with van der Waals surface area (Å²) in [6.07, 6.45) is 5.29. The fourth-order valence-corrected chi connectivity index (χ4v) is 4.63. The van der Waals surface area contributed by atoms with Crippen LogP contribution in [0.15, 0.2) is 72.0 Å². The lowest BCUT2D eigenvalue weighted by molar-refractivity contribution is -0.118. The van der Waals surface area contributed by atoms with Gasteiger partial charge in [-0.2, -0.15) is 0 Å². The van der Waals surface area contributed by atoms with Crippen LogP contribution >= 0.6 is 11.8 Å². The third-order valence-corrected chi connectivity index (χ3v) is 6.73. The minimum atomic E-state index is -0.00805. The van der Waals surface area contributed by atoms with Crippen molar-refractivity contribution in [2.75, 3.05) is 23.7 Å². The van der Waals surface area contributed by atoms with E-state index in [1.54, 1.807) is 6.20 Å². The summed E-state index contributed by atoms with van der Waals surface area (Å²) in [7, 11) is 0. The molecular formula is C26H30N4OS. The van der Waals surface area contributed by atoms with E-state index in [0.717, 1.165) is 36.8 Å². The molecule has 3 aromatic rings. The highest BCUT2D eigenvalue weighted by atomic mass is 32.2. The molecular weight excluding hydrogens is 416 g/mol. The third-order valence-electron chi connectivity index (χ3n) is 5.87. The van der Waals surface area contributed by atoms with Crippen molar-refractivity contribution in [3.8, 4) is 0 Å². The van der Waals surface area contributed by atoms with Gasteiger partial charge in [-0.1, -0.05) is 71.9 Å². The fourth-order valence-electron chi connectivity index (χ4n) is 3.98. The second-order valence-electron chi connectivity index (χ2n) is 8.37. The van der Waals surface area contributed by atoms with Gasteiger partial charge in [0.1, 0.15) is 5.82 Å². The van der Waals surface area contributed by atoms with Crippen LogP contribution in [-0.2, 0) is 17.8 Å². The van der Waals surface area contributed by atoms with Crippen LogP contribution in [0, 0.1) is 12.8 Å². The van der Waals surface area contributed by atoms with Gasteiger partial charge < -0.3 is 10.2 Å². The zero-order chi connectivity index (χ0) is 22.2. The summed E-state index contributed by atoms with van der Waals surface area (Å²) in [5, 5.41) is 3.62. The molecule has 0 saturated carbocycles. The highest BCUT2D eigenvalue weighted by Gasteiger charge is 2.21. The lowest BCUT2D eigenvalue weighted by Gasteiger charge is -2.33. The number of anilines is 1. The molecule has 0 bridgehead atoms. The normalized spacial score (nSPS) is 14.3. The molecule has 1 fully saturated rings. The van der Waals surface area contributed by atoms with Gasteiger partial charge >= 0.3 is 0 Å². The third kappa shape index (κ3) is 6.57. The Labute approximate surface area is 194 Å². The van der Waals surface area contributed by atoms with Gasteiger partial charge in [0.15, 0.2) is 5.16 Å². The van der Waals surface area contributed by atoms with Crippen LogP contribution in [0.4, 0.5) is 5.82 Å². The Kier molecular flexibility index (Phi) is 7.77. The topological polar surface area (TPSA) is 58.1 Å². The van der Waals surface area contributed by atoms with E-state index >= 15 is 0 Å². The first-order chi connectivity index (χ1) is 15.7. The maximum atomic E-state index is 12.2. The molecule has 5 nitrogen and oxygen atoms in total. The monoisotopic (exact) mass is 446 g/mol. The van der Waals surface area contributed by atoms with Gasteiger partial charge in [0.05, 0.1) is 5.75 Å². The van der Waals surface area contributed by atoms with Crippen molar-refractivity contribution in [1.29, 1.82) is 0 Å². The van der Waals surface area contributed by atoms with Crippen molar-refractivity contribution in [2.24, 2.45) is 5.92 Å². The van der Waals surface area contributed by atoms with Crippen LogP contribution in [0.3, 0.4) is 0 Å². The first-order valence-electron chi connectivity index (χ1n) is 11.2. The van der Waals surface area contributed by atoms with Crippen LogP contribution in [0.25, 0.3) is 0 Å². The Morgan fingerprint density at radius 1 is 1.03 bits per heavy atom. The van der Waals surface area contributed by atoms with E-state index < -0.39 is 0 Å². The van der Waals surface area contributed by atoms with Crippen molar-refractivity contribution >= 4 is 23.5 Å². The van der Waals surface area contributed by atoms with Crippen molar-refractivity contribution in [3.63, 3.8) is 0 Å². The van der Waals surface area contributed by atoms with E-state index in [2.05, 4.69) is 64.6 Å². The molecule has 2 aromatic carbocycles. The molecule has 0 radical (unpaired) electrons. The Balaban J connectivity index is 1.23. The predicted octanol–water partition coefficient (Wildman–Crippen LogP) is 4.65. The molecule has 1 amide bonds. The molecule has 4 rings (SSSR count). The van der Waals surface area contributed by atoms with Crippen LogP contribution in [0.2, 0.25) is 0 Å². The lowest BCUT2D eigenvalue weighted by Crippen LogP contribution is -2.35. The molecule has 166 valence electrons. The number of nitrogens with zero attached hydrogens (tertiary/aromatic N) is 3. The number of rotatable bonds is 8. The Bertz CT molecular complexity index is 1000. The number of hydrogen-bond donors (Lipinski definition) is 1. The number of thioether (sulfide) groups is 1. The van der Waals surface area contributed by atoms with Crippen molar-refractivity contribution in [3.05, 3.63) is 83.6 Å². The summed E-state index contributed by atoms with van der Waals surface area (Å²) < 4.78 is 0. The summed E-state index contributed by atoms with van der Waals surface area (Å²) >= 11 is 1.39. The first-order valence-corrected chi connectivity index (χ1v) is 12.2. The highest BCUT2D eigenvalue weighted by Crippen LogP contribution is 2.25. The number of nitrogens with one attached hydrogen (secondary N) is 1. The SMILES string of the molecule is Cc1ccc(CNC(=O)CSc2nccc(N3CCC(Cc4ccccc4)CC3)n2)cc1. The average Bonchev–Trinajstić information content (AvgIpc) is 2.84. The standard InChI is InChI=1S/C26H30N4OS/c1-20-7-9-23(10-8-20)18-28-25(31)19-32-26-27-14-11-24(29-26)30-15-12-22(13-16-30)17-21-5-3-2-4-6-21/h2-11,14,22H,12-13,15-19H2,1H3,(H,28,31). The number of amides is 1. The minimum absolute atomic E-state index is 0.00805. The molecule has 6 heteroatoms. The van der Waals surface area contributed by atoms with Gasteiger partial charge in [0, 0.05) is 25.8 Å². The predicted molar refractivity (Wildman–Crippen MR) is 131 cm³/mol. The number of hydrogen-bond acceptors (Lipinski definition) is 5. The summed E-state index contributed by atoms with van der Waals surface area (Å²) in [5.41, 5.74) is 3.74. The number of aryl methyl sites for hydroxylation is 1. The molecule has 2 heterocycles. The van der Waals surface area contributed by atoms with Crippen molar-refractivity contribution in [2.45, 2.75) is 37.9 Å². The summed E-state index contributed by atoms with van der Waals surface area (Å²) in [6.45, 7) is 4.61. The van der Waals surface area contributed by atoms with Crippen molar-refractivity contribution in [1.82, 2.24) is 15.3 Å². The molecule has 0 unspecified atom stereocenters. The Morgan fingerprint density at radius 3 is 2.53 bits per heavy atom. The van der Waals surface area contributed by atoms with E-state index in [4.69, 9.17) is 4.98 Å². The molecule has 0 atom stereocenters. The van der Waals surface area contributed by atoms with Crippen LogP contribution < -0.4 is 10.2 Å². The largest absolute Gasteiger partial charge is 0.356 e. The van der Waals surface area contributed by atoms with Gasteiger partial charge in [-0.15, -0.1) is 0 Å². The van der Waals surface area contributed by atoms with E-state index in [0.29, 0.717) is 17.5 Å². The van der Waals surface area contributed by atoms with Crippen LogP contribution in [-0.4, -0.2) is 34.7 Å². The summed E-state index contributed by atoms with van der Waals surface area (Å²) in [4.78, 5) is 23.6. The van der Waals surface area contributed by atoms with E-state index in [9.17, 15) is 4.79 Å². The molecule has 1 aliphatic rings. The van der Waals surface area contributed by atoms with Crippen LogP contribution in [0.1, 0.15) is 29.5 Å². The average molecular weight is 447 g/mol. The van der Waals surface area contributed by atoms with Gasteiger partial charge in [-0.05, 0) is 49.3 Å². The maximum Gasteiger partial charge on any atom is 0.230 e. The zero-order valence-electron chi connectivity index (χ0n) is 18.5. The molecule has 0 spiro atoms. The second kappa shape index (κ2) is 11.1. The van der Waals surface area contributed by atoms with Gasteiger partial charge in [-0.3, -0.25) is 4.79 Å². The highest BCUT2D eigenvalue weighted by molar-refractivity contribution is 7.99. The lowest BCUT2D eigenvalue weighted by atomic mass is 9.90. The molecule has 0 aliphatic carbocycles. The number of benzene rings is 2. The van der Waals surface area contributed by atoms with E-state index in [1.165, 1.54) is 35.7 Å². The maximum absolute atomic E-state index is 12.2. The molecule has 1 N–H and O–H groups in total. The molecule has 32 heavy (non-hydrogen) atoms. The number of carbonyl (C=O) groups excluding carboxylic acids is 1. The van der Waals surface area contributed by atoms with Crippen molar-refractivity contribution < 1.29 is 4.79 Å². The number of aromatic nitrogens is 2. The summed E-state index contributed by atoms with van der Waals surface area (Å²) in [5.74, 6) is 1.99. The molecule has 1 aromatic heterocycles. The number of piperidine rings is 1. The smallest absolute Gasteiger partial charge is 0.230 e. The first kappa shape index (κ1) is 22.3. The second-order valence-corrected chi connectivity index (χ2v) is 9.31. The molecule has 1 aliphatic heterocycles. The van der Waals surface area contributed by atoms with E-state index in [1.807, 2.05) is 18.2 Å². The Morgan fingerprint density at radius 2 is 1.78 bits per heavy atom.